The number of anilines is 1. The number of hydrogen-bond donors (Lipinski definition) is 1. The number of aryl methyl sites for hydroxylation is 1. The highest BCUT2D eigenvalue weighted by atomic mass is 32.2. The largest absolute Gasteiger partial charge is 0.399 e. The molecule has 2 N–H and O–H groups in total. The van der Waals surface area contributed by atoms with Crippen LogP contribution in [0.3, 0.4) is 0 Å². The zero-order chi connectivity index (χ0) is 13.1. The molecule has 0 bridgehead atoms. The summed E-state index contributed by atoms with van der Waals surface area (Å²) >= 11 is 0. The second kappa shape index (κ2) is 5.54. The van der Waals surface area contributed by atoms with Crippen LogP contribution in [-0.4, -0.2) is 14.2 Å². The minimum absolute atomic E-state index is 0.197. The Labute approximate surface area is 104 Å². The predicted molar refractivity (Wildman–Crippen MR) is 71.7 cm³/mol. The van der Waals surface area contributed by atoms with Crippen molar-refractivity contribution in [2.45, 2.75) is 38.5 Å². The summed E-state index contributed by atoms with van der Waals surface area (Å²) in [4.78, 5) is 0.382. The Hall–Kier alpha value is -1.03. The van der Waals surface area contributed by atoms with Gasteiger partial charge in [0.25, 0.3) is 0 Å². The van der Waals surface area contributed by atoms with Crippen LogP contribution in [-0.2, 0) is 9.84 Å². The Bertz CT molecular complexity index is 480. The molecule has 96 valence electrons. The predicted octanol–water partition coefficient (Wildman–Crippen LogP) is 2.79. The van der Waals surface area contributed by atoms with Gasteiger partial charge in [-0.05, 0) is 43.0 Å². The molecule has 0 saturated carbocycles. The van der Waals surface area contributed by atoms with E-state index in [4.69, 9.17) is 5.73 Å². The van der Waals surface area contributed by atoms with Gasteiger partial charge in [0, 0.05) is 5.69 Å². The number of rotatable bonds is 5. The van der Waals surface area contributed by atoms with Gasteiger partial charge < -0.3 is 5.73 Å². The number of sulfone groups is 1. The molecule has 0 spiro atoms. The Kier molecular flexibility index (Phi) is 4.57. The van der Waals surface area contributed by atoms with Crippen molar-refractivity contribution in [3.63, 3.8) is 0 Å². The molecule has 1 aromatic rings. The second-order valence-corrected chi connectivity index (χ2v) is 6.73. The van der Waals surface area contributed by atoms with Gasteiger partial charge in [0.15, 0.2) is 9.84 Å². The average Bonchev–Trinajstić information content (AvgIpc) is 2.21. The molecule has 1 rings (SSSR count). The summed E-state index contributed by atoms with van der Waals surface area (Å²) in [6.07, 6.45) is 1.95. The van der Waals surface area contributed by atoms with Gasteiger partial charge in [-0.25, -0.2) is 8.42 Å². The molecule has 3 nitrogen and oxygen atoms in total. The summed E-state index contributed by atoms with van der Waals surface area (Å²) in [5.74, 6) is 0.410. The lowest BCUT2D eigenvalue weighted by atomic mass is 10.1. The first-order valence-corrected chi connectivity index (χ1v) is 7.61. The molecule has 0 aliphatic rings. The van der Waals surface area contributed by atoms with Gasteiger partial charge in [-0.15, -0.1) is 0 Å². The van der Waals surface area contributed by atoms with Crippen molar-refractivity contribution in [2.24, 2.45) is 5.92 Å². The first-order chi connectivity index (χ1) is 7.86. The van der Waals surface area contributed by atoms with E-state index in [2.05, 4.69) is 6.92 Å². The minimum atomic E-state index is -3.18. The third-order valence-electron chi connectivity index (χ3n) is 2.89. The van der Waals surface area contributed by atoms with Crippen molar-refractivity contribution < 1.29 is 8.42 Å². The summed E-state index contributed by atoms with van der Waals surface area (Å²) in [5, 5.41) is 0. The molecule has 0 heterocycles. The fraction of sp³-hybridized carbons (Fsp3) is 0.538. The van der Waals surface area contributed by atoms with Crippen molar-refractivity contribution in [3.05, 3.63) is 23.8 Å². The van der Waals surface area contributed by atoms with Gasteiger partial charge in [0.2, 0.25) is 0 Å². The maximum absolute atomic E-state index is 12.1. The summed E-state index contributed by atoms with van der Waals surface area (Å²) in [5.41, 5.74) is 7.13. The summed E-state index contributed by atoms with van der Waals surface area (Å²) in [6.45, 7) is 5.87. The van der Waals surface area contributed by atoms with Gasteiger partial charge in [-0.3, -0.25) is 0 Å². The van der Waals surface area contributed by atoms with Crippen LogP contribution in [0.5, 0.6) is 0 Å². The van der Waals surface area contributed by atoms with E-state index < -0.39 is 9.84 Å². The van der Waals surface area contributed by atoms with Crippen LogP contribution in [0.2, 0.25) is 0 Å². The molecule has 0 fully saturated rings. The van der Waals surface area contributed by atoms with E-state index in [9.17, 15) is 8.42 Å². The number of nitrogens with two attached hydrogens (primary N) is 1. The lowest BCUT2D eigenvalue weighted by molar-refractivity contribution is 0.545. The van der Waals surface area contributed by atoms with Crippen LogP contribution in [0.25, 0.3) is 0 Å². The van der Waals surface area contributed by atoms with Crippen molar-refractivity contribution in [3.8, 4) is 0 Å². The summed E-state index contributed by atoms with van der Waals surface area (Å²) < 4.78 is 24.3. The third-order valence-corrected chi connectivity index (χ3v) is 4.87. The van der Waals surface area contributed by atoms with E-state index in [0.717, 1.165) is 18.4 Å². The van der Waals surface area contributed by atoms with Crippen molar-refractivity contribution in [1.29, 1.82) is 0 Å². The first kappa shape index (κ1) is 14.0. The molecule has 0 saturated heterocycles. The highest BCUT2D eigenvalue weighted by Gasteiger charge is 2.18. The van der Waals surface area contributed by atoms with Crippen LogP contribution in [0.15, 0.2) is 23.1 Å². The Morgan fingerprint density at radius 2 is 2.00 bits per heavy atom. The Morgan fingerprint density at radius 3 is 2.53 bits per heavy atom. The Morgan fingerprint density at radius 1 is 1.35 bits per heavy atom. The van der Waals surface area contributed by atoms with E-state index in [-0.39, 0.29) is 11.7 Å². The van der Waals surface area contributed by atoms with Crippen LogP contribution in [0.4, 0.5) is 5.69 Å². The smallest absolute Gasteiger partial charge is 0.178 e. The van der Waals surface area contributed by atoms with Crippen molar-refractivity contribution in [1.82, 2.24) is 0 Å². The van der Waals surface area contributed by atoms with E-state index in [1.54, 1.807) is 18.2 Å². The quantitative estimate of drug-likeness (QED) is 0.823. The lowest BCUT2D eigenvalue weighted by Gasteiger charge is -2.11. The number of hydrogen-bond acceptors (Lipinski definition) is 3. The maximum Gasteiger partial charge on any atom is 0.178 e. The Balaban J connectivity index is 2.93. The zero-order valence-electron chi connectivity index (χ0n) is 10.7. The number of nitrogen functional groups attached to an aromatic ring is 1. The first-order valence-electron chi connectivity index (χ1n) is 5.95. The molecule has 1 atom stereocenters. The van der Waals surface area contributed by atoms with Crippen LogP contribution in [0, 0.1) is 12.8 Å². The molecule has 1 unspecified atom stereocenters. The van der Waals surface area contributed by atoms with Crippen LogP contribution < -0.4 is 5.73 Å². The van der Waals surface area contributed by atoms with Crippen LogP contribution >= 0.6 is 0 Å². The monoisotopic (exact) mass is 255 g/mol. The molecular weight excluding hydrogens is 234 g/mol. The zero-order valence-corrected chi connectivity index (χ0v) is 11.5. The molecule has 17 heavy (non-hydrogen) atoms. The highest BCUT2D eigenvalue weighted by molar-refractivity contribution is 7.91. The molecule has 0 aliphatic heterocycles. The van der Waals surface area contributed by atoms with Crippen LogP contribution in [0.1, 0.15) is 32.3 Å². The fourth-order valence-electron chi connectivity index (χ4n) is 1.89. The number of benzene rings is 1. The summed E-state index contributed by atoms with van der Waals surface area (Å²) in [7, 11) is -3.18. The fourth-order valence-corrected chi connectivity index (χ4v) is 3.63. The normalized spacial score (nSPS) is 13.6. The SMILES string of the molecule is CCCC(C)CS(=O)(=O)c1ccc(N)c(C)c1. The van der Waals surface area contributed by atoms with E-state index in [0.29, 0.717) is 10.6 Å². The third kappa shape index (κ3) is 3.73. The van der Waals surface area contributed by atoms with Gasteiger partial charge in [-0.2, -0.15) is 0 Å². The van der Waals surface area contributed by atoms with E-state index in [1.165, 1.54) is 0 Å². The van der Waals surface area contributed by atoms with Gasteiger partial charge in [0.05, 0.1) is 10.6 Å². The summed E-state index contributed by atoms with van der Waals surface area (Å²) in [6, 6.07) is 4.91. The van der Waals surface area contributed by atoms with Crippen molar-refractivity contribution >= 4 is 15.5 Å². The second-order valence-electron chi connectivity index (χ2n) is 4.69. The molecule has 1 aromatic carbocycles. The van der Waals surface area contributed by atoms with E-state index in [1.807, 2.05) is 13.8 Å². The molecule has 0 aliphatic carbocycles. The molecule has 0 aromatic heterocycles. The lowest BCUT2D eigenvalue weighted by Crippen LogP contribution is -2.14. The van der Waals surface area contributed by atoms with Gasteiger partial charge in [0.1, 0.15) is 0 Å². The van der Waals surface area contributed by atoms with Gasteiger partial charge >= 0.3 is 0 Å². The molecular formula is C13H21NO2S. The van der Waals surface area contributed by atoms with Crippen molar-refractivity contribution in [2.75, 3.05) is 11.5 Å². The molecule has 4 heteroatoms. The molecule has 0 radical (unpaired) electrons. The minimum Gasteiger partial charge on any atom is -0.399 e. The highest BCUT2D eigenvalue weighted by Crippen LogP contribution is 2.20. The molecule has 0 amide bonds. The maximum atomic E-state index is 12.1. The standard InChI is InChI=1S/C13H21NO2S/c1-4-5-10(2)9-17(15,16)12-6-7-13(14)11(3)8-12/h6-8,10H,4-5,9,14H2,1-3H3. The van der Waals surface area contributed by atoms with E-state index >= 15 is 0 Å². The van der Waals surface area contributed by atoms with Gasteiger partial charge in [-0.1, -0.05) is 20.3 Å². The average molecular weight is 255 g/mol. The topological polar surface area (TPSA) is 60.2 Å².